The quantitative estimate of drug-likeness (QED) is 0.314. The summed E-state index contributed by atoms with van der Waals surface area (Å²) < 4.78 is 34.7. The topological polar surface area (TPSA) is 104 Å². The summed E-state index contributed by atoms with van der Waals surface area (Å²) in [4.78, 5) is 27.1. The summed E-state index contributed by atoms with van der Waals surface area (Å²) >= 11 is 2.43. The van der Waals surface area contributed by atoms with Crippen LogP contribution >= 0.6 is 23.1 Å². The van der Waals surface area contributed by atoms with Crippen LogP contribution < -0.4 is 14.8 Å². The van der Waals surface area contributed by atoms with Crippen LogP contribution in [0, 0.1) is 10.1 Å². The number of hydrogen-bond acceptors (Lipinski definition) is 8. The largest absolute Gasteiger partial charge is 0.490 e. The molecule has 0 spiro atoms. The van der Waals surface area contributed by atoms with E-state index in [4.69, 9.17) is 4.74 Å². The molecule has 1 aromatic heterocycles. The molecular formula is C20H17F2N3O5S2. The third-order valence-electron chi connectivity index (χ3n) is 4.07. The van der Waals surface area contributed by atoms with Crippen LogP contribution in [-0.4, -0.2) is 35.3 Å². The number of ether oxygens (including phenoxy) is 2. The van der Waals surface area contributed by atoms with Gasteiger partial charge in [-0.1, -0.05) is 18.2 Å². The van der Waals surface area contributed by atoms with E-state index in [1.807, 2.05) is 0 Å². The number of thiazole rings is 1. The first-order valence-corrected chi connectivity index (χ1v) is 11.1. The van der Waals surface area contributed by atoms with Gasteiger partial charge < -0.3 is 14.8 Å². The van der Waals surface area contributed by atoms with E-state index in [1.165, 1.54) is 37.1 Å². The standard InChI is InChI=1S/C20H17F2N3O5S2/c1-29-17-7-6-12(8-15(17)25(27)28)9-31-11-18(26)24-20-23-14(10-32-20)13-4-2-3-5-16(13)30-19(21)22/h2-8,10,19H,9,11H2,1H3,(H,23,24,26). The first-order chi connectivity index (χ1) is 15.4. The van der Waals surface area contributed by atoms with Crippen molar-refractivity contribution in [1.82, 2.24) is 4.98 Å². The van der Waals surface area contributed by atoms with Gasteiger partial charge in [0.15, 0.2) is 10.9 Å². The predicted octanol–water partition coefficient (Wildman–Crippen LogP) is 5.20. The van der Waals surface area contributed by atoms with Gasteiger partial charge in [-0.05, 0) is 23.8 Å². The SMILES string of the molecule is COc1ccc(CSCC(=O)Nc2nc(-c3ccccc3OC(F)F)cs2)cc1[N+](=O)[O-]. The lowest BCUT2D eigenvalue weighted by Gasteiger charge is -2.08. The van der Waals surface area contributed by atoms with Gasteiger partial charge >= 0.3 is 12.3 Å². The monoisotopic (exact) mass is 481 g/mol. The number of nitro benzene ring substituents is 1. The van der Waals surface area contributed by atoms with Crippen LogP contribution in [0.5, 0.6) is 11.5 Å². The van der Waals surface area contributed by atoms with Crippen LogP contribution in [0.4, 0.5) is 19.6 Å². The second-order valence-electron chi connectivity index (χ2n) is 6.22. The van der Waals surface area contributed by atoms with E-state index in [2.05, 4.69) is 15.0 Å². The molecule has 0 saturated heterocycles. The average Bonchev–Trinajstić information content (AvgIpc) is 3.21. The maximum absolute atomic E-state index is 12.6. The van der Waals surface area contributed by atoms with E-state index >= 15 is 0 Å². The molecule has 0 aliphatic rings. The third kappa shape index (κ3) is 6.14. The Labute approximate surface area is 189 Å². The molecule has 0 atom stereocenters. The van der Waals surface area contributed by atoms with Gasteiger partial charge in [-0.3, -0.25) is 14.9 Å². The van der Waals surface area contributed by atoms with E-state index in [-0.39, 0.29) is 28.8 Å². The molecule has 1 N–H and O–H groups in total. The summed E-state index contributed by atoms with van der Waals surface area (Å²) in [7, 11) is 1.36. The van der Waals surface area contributed by atoms with Gasteiger partial charge in [-0.2, -0.15) is 8.78 Å². The molecule has 8 nitrogen and oxygen atoms in total. The molecule has 3 rings (SSSR count). The number of nitro groups is 1. The molecule has 1 heterocycles. The lowest BCUT2D eigenvalue weighted by Crippen LogP contribution is -2.14. The van der Waals surface area contributed by atoms with Crippen molar-refractivity contribution in [3.8, 4) is 22.8 Å². The zero-order valence-electron chi connectivity index (χ0n) is 16.6. The minimum Gasteiger partial charge on any atom is -0.490 e. The van der Waals surface area contributed by atoms with Crippen LogP contribution in [0.25, 0.3) is 11.3 Å². The van der Waals surface area contributed by atoms with Crippen molar-refractivity contribution < 1.29 is 28.0 Å². The number of amides is 1. The Morgan fingerprint density at radius 3 is 2.78 bits per heavy atom. The molecule has 32 heavy (non-hydrogen) atoms. The zero-order valence-corrected chi connectivity index (χ0v) is 18.3. The number of carbonyl (C=O) groups excluding carboxylic acids is 1. The van der Waals surface area contributed by atoms with Crippen LogP contribution in [0.2, 0.25) is 0 Å². The highest BCUT2D eigenvalue weighted by Crippen LogP contribution is 2.33. The van der Waals surface area contributed by atoms with Crippen LogP contribution in [0.3, 0.4) is 0 Å². The minimum absolute atomic E-state index is 0.00480. The Morgan fingerprint density at radius 2 is 2.06 bits per heavy atom. The Kier molecular flexibility index (Phi) is 7.95. The molecule has 0 aliphatic carbocycles. The number of carbonyl (C=O) groups is 1. The molecule has 3 aromatic rings. The van der Waals surface area contributed by atoms with Gasteiger partial charge in [-0.15, -0.1) is 23.1 Å². The number of nitrogens with one attached hydrogen (secondary N) is 1. The highest BCUT2D eigenvalue weighted by Gasteiger charge is 2.16. The van der Waals surface area contributed by atoms with Gasteiger partial charge in [0.05, 0.1) is 23.5 Å². The average molecular weight is 482 g/mol. The van der Waals surface area contributed by atoms with E-state index in [9.17, 15) is 23.7 Å². The fourth-order valence-electron chi connectivity index (χ4n) is 2.72. The third-order valence-corrected chi connectivity index (χ3v) is 5.83. The molecule has 0 aliphatic heterocycles. The summed E-state index contributed by atoms with van der Waals surface area (Å²) in [6, 6.07) is 10.9. The van der Waals surface area contributed by atoms with Crippen molar-refractivity contribution in [1.29, 1.82) is 0 Å². The number of para-hydroxylation sites is 1. The number of alkyl halides is 2. The molecule has 0 radical (unpaired) electrons. The smallest absolute Gasteiger partial charge is 0.387 e. The van der Waals surface area contributed by atoms with Gasteiger partial charge in [0.25, 0.3) is 0 Å². The summed E-state index contributed by atoms with van der Waals surface area (Å²) in [6.45, 7) is -2.96. The fraction of sp³-hybridized carbons (Fsp3) is 0.200. The number of benzene rings is 2. The number of aromatic nitrogens is 1. The Balaban J connectivity index is 1.57. The summed E-state index contributed by atoms with van der Waals surface area (Å²) in [5.74, 6) is 0.340. The van der Waals surface area contributed by atoms with Gasteiger partial charge in [0.2, 0.25) is 5.91 Å². The molecule has 0 fully saturated rings. The van der Waals surface area contributed by atoms with Gasteiger partial charge in [-0.25, -0.2) is 4.98 Å². The Morgan fingerprint density at radius 1 is 1.28 bits per heavy atom. The van der Waals surface area contributed by atoms with E-state index in [0.29, 0.717) is 27.7 Å². The Hall–Kier alpha value is -3.25. The van der Waals surface area contributed by atoms with Gasteiger partial charge in [0.1, 0.15) is 5.75 Å². The number of nitrogens with zero attached hydrogens (tertiary/aromatic N) is 2. The number of anilines is 1. The molecule has 0 bridgehead atoms. The molecule has 1 amide bonds. The lowest BCUT2D eigenvalue weighted by molar-refractivity contribution is -0.385. The number of rotatable bonds is 10. The highest BCUT2D eigenvalue weighted by molar-refractivity contribution is 7.99. The number of halogens is 2. The molecular weight excluding hydrogens is 464 g/mol. The van der Waals surface area contributed by atoms with Crippen molar-refractivity contribution in [3.05, 3.63) is 63.5 Å². The van der Waals surface area contributed by atoms with E-state index in [1.54, 1.807) is 29.6 Å². The molecule has 168 valence electrons. The van der Waals surface area contributed by atoms with Crippen molar-refractivity contribution >= 4 is 39.8 Å². The fourth-order valence-corrected chi connectivity index (χ4v) is 4.22. The number of thioether (sulfide) groups is 1. The van der Waals surface area contributed by atoms with Crippen molar-refractivity contribution in [3.63, 3.8) is 0 Å². The Bertz CT molecular complexity index is 1110. The van der Waals surface area contributed by atoms with Crippen molar-refractivity contribution in [2.45, 2.75) is 12.4 Å². The predicted molar refractivity (Wildman–Crippen MR) is 119 cm³/mol. The van der Waals surface area contributed by atoms with Crippen LogP contribution in [-0.2, 0) is 10.5 Å². The number of hydrogen-bond donors (Lipinski definition) is 1. The van der Waals surface area contributed by atoms with Crippen molar-refractivity contribution in [2.24, 2.45) is 0 Å². The minimum atomic E-state index is -2.96. The zero-order chi connectivity index (χ0) is 23.1. The molecule has 12 heteroatoms. The van der Waals surface area contributed by atoms with E-state index < -0.39 is 11.5 Å². The van der Waals surface area contributed by atoms with Crippen molar-refractivity contribution in [2.75, 3.05) is 18.2 Å². The summed E-state index contributed by atoms with van der Waals surface area (Å²) in [5, 5.41) is 15.7. The lowest BCUT2D eigenvalue weighted by atomic mass is 10.1. The van der Waals surface area contributed by atoms with Crippen LogP contribution in [0.15, 0.2) is 47.8 Å². The van der Waals surface area contributed by atoms with Crippen LogP contribution in [0.1, 0.15) is 5.56 Å². The van der Waals surface area contributed by atoms with Gasteiger partial charge in [0, 0.05) is 22.8 Å². The van der Waals surface area contributed by atoms with E-state index in [0.717, 1.165) is 11.3 Å². The second kappa shape index (κ2) is 10.9. The second-order valence-corrected chi connectivity index (χ2v) is 8.06. The summed E-state index contributed by atoms with van der Waals surface area (Å²) in [5.41, 5.74) is 1.34. The maximum atomic E-state index is 12.6. The normalized spacial score (nSPS) is 10.8. The highest BCUT2D eigenvalue weighted by atomic mass is 32.2. The molecule has 0 saturated carbocycles. The first-order valence-electron chi connectivity index (χ1n) is 9.06. The summed E-state index contributed by atoms with van der Waals surface area (Å²) in [6.07, 6.45) is 0. The molecule has 0 unspecified atom stereocenters. The molecule has 2 aromatic carbocycles. The maximum Gasteiger partial charge on any atom is 0.387 e. The number of methoxy groups -OCH3 is 1. The first kappa shape index (κ1) is 23.4.